The maximum absolute atomic E-state index is 11.2. The molecule has 18 heavy (non-hydrogen) atoms. The number of nitrogens with two attached hydrogens (primary N) is 1. The number of hydrogen-bond acceptors (Lipinski definition) is 4. The average molecular weight is 252 g/mol. The van der Waals surface area contributed by atoms with Crippen molar-refractivity contribution in [3.8, 4) is 11.5 Å². The first kappa shape index (κ1) is 14.3. The lowest BCUT2D eigenvalue weighted by Crippen LogP contribution is -2.50. The van der Waals surface area contributed by atoms with Gasteiger partial charge in [0.15, 0.2) is 0 Å². The third kappa shape index (κ3) is 3.63. The fourth-order valence-corrected chi connectivity index (χ4v) is 1.38. The molecule has 0 fully saturated rings. The van der Waals surface area contributed by atoms with Crippen LogP contribution in [0.3, 0.4) is 0 Å². The van der Waals surface area contributed by atoms with E-state index in [9.17, 15) is 4.79 Å². The van der Waals surface area contributed by atoms with Gasteiger partial charge < -0.3 is 15.2 Å². The minimum absolute atomic E-state index is 0.391. The van der Waals surface area contributed by atoms with Crippen molar-refractivity contribution in [2.24, 2.45) is 5.73 Å². The Morgan fingerprint density at radius 1 is 1.22 bits per heavy atom. The molecule has 0 spiro atoms. The quantitative estimate of drug-likeness (QED) is 0.794. The fraction of sp³-hybridized carbons (Fsp3) is 0.462. The van der Waals surface area contributed by atoms with Gasteiger partial charge in [0, 0.05) is 12.6 Å². The Hall–Kier alpha value is -1.75. The maximum atomic E-state index is 11.2. The number of carbonyl (C=O) groups excluding carboxylic acids is 1. The van der Waals surface area contributed by atoms with Gasteiger partial charge in [0.2, 0.25) is 5.91 Å². The summed E-state index contributed by atoms with van der Waals surface area (Å²) in [5.41, 5.74) is 5.50. The van der Waals surface area contributed by atoms with Crippen LogP contribution in [0.25, 0.3) is 0 Å². The lowest BCUT2D eigenvalue weighted by molar-refractivity contribution is -0.123. The molecule has 0 bridgehead atoms. The lowest BCUT2D eigenvalue weighted by Gasteiger charge is -2.22. The van der Waals surface area contributed by atoms with Crippen LogP contribution in [0.4, 0.5) is 0 Å². The Morgan fingerprint density at radius 2 is 1.72 bits per heavy atom. The number of ether oxygens (including phenoxy) is 2. The highest BCUT2D eigenvalue weighted by Crippen LogP contribution is 2.22. The summed E-state index contributed by atoms with van der Waals surface area (Å²) < 4.78 is 10.4. The molecule has 0 atom stereocenters. The van der Waals surface area contributed by atoms with Crippen LogP contribution in [-0.2, 0) is 11.3 Å². The Balaban J connectivity index is 2.81. The predicted octanol–water partition coefficient (Wildman–Crippen LogP) is 1.06. The molecule has 0 aliphatic carbocycles. The highest BCUT2D eigenvalue weighted by atomic mass is 16.5. The van der Waals surface area contributed by atoms with E-state index in [4.69, 9.17) is 15.2 Å². The van der Waals surface area contributed by atoms with E-state index in [1.165, 1.54) is 0 Å². The van der Waals surface area contributed by atoms with Crippen LogP contribution in [0.1, 0.15) is 19.4 Å². The van der Waals surface area contributed by atoms with Gasteiger partial charge in [-0.2, -0.15) is 0 Å². The third-order valence-corrected chi connectivity index (χ3v) is 2.76. The van der Waals surface area contributed by atoms with Crippen LogP contribution in [0.15, 0.2) is 18.2 Å². The van der Waals surface area contributed by atoms with Crippen LogP contribution in [-0.4, -0.2) is 25.7 Å². The molecule has 0 saturated heterocycles. The summed E-state index contributed by atoms with van der Waals surface area (Å²) in [4.78, 5) is 11.2. The standard InChI is InChI=1S/C13H20N2O3/c1-13(2,12(14)16)15-8-9-5-10(17-3)7-11(6-9)18-4/h5-7,15H,8H2,1-4H3,(H2,14,16). The predicted molar refractivity (Wildman–Crippen MR) is 69.7 cm³/mol. The second-order valence-corrected chi connectivity index (χ2v) is 4.56. The summed E-state index contributed by atoms with van der Waals surface area (Å²) in [5.74, 6) is 1.03. The summed E-state index contributed by atoms with van der Waals surface area (Å²) in [5, 5.41) is 3.09. The van der Waals surface area contributed by atoms with Crippen LogP contribution in [0, 0.1) is 0 Å². The third-order valence-electron chi connectivity index (χ3n) is 2.76. The number of rotatable bonds is 6. The zero-order valence-electron chi connectivity index (χ0n) is 11.2. The summed E-state index contributed by atoms with van der Waals surface area (Å²) in [7, 11) is 3.19. The number of primary amides is 1. The molecule has 0 aliphatic heterocycles. The zero-order chi connectivity index (χ0) is 13.8. The number of hydrogen-bond donors (Lipinski definition) is 2. The molecule has 100 valence electrons. The van der Waals surface area contributed by atoms with Crippen molar-refractivity contribution >= 4 is 5.91 Å². The van der Waals surface area contributed by atoms with Gasteiger partial charge in [-0.05, 0) is 31.5 Å². The van der Waals surface area contributed by atoms with Crippen molar-refractivity contribution < 1.29 is 14.3 Å². The van der Waals surface area contributed by atoms with E-state index in [0.717, 1.165) is 5.56 Å². The van der Waals surface area contributed by atoms with E-state index in [2.05, 4.69) is 5.32 Å². The zero-order valence-corrected chi connectivity index (χ0v) is 11.2. The van der Waals surface area contributed by atoms with Gasteiger partial charge >= 0.3 is 0 Å². The number of carbonyl (C=O) groups is 1. The SMILES string of the molecule is COc1cc(CNC(C)(C)C(N)=O)cc(OC)c1. The van der Waals surface area contributed by atoms with Gasteiger partial charge in [-0.1, -0.05) is 0 Å². The molecule has 1 aromatic carbocycles. The number of nitrogens with one attached hydrogen (secondary N) is 1. The largest absolute Gasteiger partial charge is 0.497 e. The molecular formula is C13H20N2O3. The smallest absolute Gasteiger partial charge is 0.237 e. The van der Waals surface area contributed by atoms with Gasteiger partial charge in [0.05, 0.1) is 19.8 Å². The monoisotopic (exact) mass is 252 g/mol. The van der Waals surface area contributed by atoms with E-state index in [1.807, 2.05) is 12.1 Å². The molecule has 0 aliphatic rings. The Labute approximate surface area is 107 Å². The normalized spacial score (nSPS) is 11.1. The highest BCUT2D eigenvalue weighted by molar-refractivity contribution is 5.83. The number of amides is 1. The molecule has 1 aromatic rings. The highest BCUT2D eigenvalue weighted by Gasteiger charge is 2.23. The fourth-order valence-electron chi connectivity index (χ4n) is 1.38. The summed E-state index contributed by atoms with van der Waals surface area (Å²) in [6.07, 6.45) is 0. The molecule has 1 rings (SSSR count). The van der Waals surface area contributed by atoms with Crippen molar-refractivity contribution in [3.05, 3.63) is 23.8 Å². The van der Waals surface area contributed by atoms with Gasteiger partial charge in [-0.25, -0.2) is 0 Å². The summed E-state index contributed by atoms with van der Waals surface area (Å²) >= 11 is 0. The Kier molecular flexibility index (Phi) is 4.55. The number of benzene rings is 1. The first-order valence-corrected chi connectivity index (χ1v) is 5.66. The molecular weight excluding hydrogens is 232 g/mol. The van der Waals surface area contributed by atoms with E-state index in [0.29, 0.717) is 18.0 Å². The van der Waals surface area contributed by atoms with Crippen molar-refractivity contribution in [2.45, 2.75) is 25.9 Å². The molecule has 3 N–H and O–H groups in total. The molecule has 0 unspecified atom stereocenters. The first-order chi connectivity index (χ1) is 8.39. The van der Waals surface area contributed by atoms with Crippen molar-refractivity contribution in [1.82, 2.24) is 5.32 Å². The molecule has 5 nitrogen and oxygen atoms in total. The minimum atomic E-state index is -0.754. The van der Waals surface area contributed by atoms with Gasteiger partial charge in [-0.3, -0.25) is 10.1 Å². The van der Waals surface area contributed by atoms with E-state index < -0.39 is 11.4 Å². The maximum Gasteiger partial charge on any atom is 0.237 e. The van der Waals surface area contributed by atoms with Crippen LogP contribution >= 0.6 is 0 Å². The van der Waals surface area contributed by atoms with E-state index in [-0.39, 0.29) is 0 Å². The minimum Gasteiger partial charge on any atom is -0.497 e. The molecule has 1 amide bonds. The van der Waals surface area contributed by atoms with Crippen molar-refractivity contribution in [3.63, 3.8) is 0 Å². The topological polar surface area (TPSA) is 73.6 Å². The van der Waals surface area contributed by atoms with E-state index in [1.54, 1.807) is 34.1 Å². The summed E-state index contributed by atoms with van der Waals surface area (Å²) in [6.45, 7) is 3.99. The molecule has 0 radical (unpaired) electrons. The van der Waals surface area contributed by atoms with Gasteiger partial charge in [0.25, 0.3) is 0 Å². The van der Waals surface area contributed by atoms with Gasteiger partial charge in [0.1, 0.15) is 11.5 Å². The van der Waals surface area contributed by atoms with Crippen molar-refractivity contribution in [1.29, 1.82) is 0 Å². The first-order valence-electron chi connectivity index (χ1n) is 5.66. The molecule has 5 heteroatoms. The Bertz CT molecular complexity index is 408. The summed E-state index contributed by atoms with van der Waals surface area (Å²) in [6, 6.07) is 5.56. The molecule has 0 saturated carbocycles. The second kappa shape index (κ2) is 5.73. The van der Waals surface area contributed by atoms with Crippen LogP contribution < -0.4 is 20.5 Å². The Morgan fingerprint density at radius 3 is 2.11 bits per heavy atom. The van der Waals surface area contributed by atoms with E-state index >= 15 is 0 Å². The molecule has 0 heterocycles. The van der Waals surface area contributed by atoms with Gasteiger partial charge in [-0.15, -0.1) is 0 Å². The van der Waals surface area contributed by atoms with Crippen LogP contribution in [0.2, 0.25) is 0 Å². The second-order valence-electron chi connectivity index (χ2n) is 4.56. The lowest BCUT2D eigenvalue weighted by atomic mass is 10.0. The van der Waals surface area contributed by atoms with Crippen LogP contribution in [0.5, 0.6) is 11.5 Å². The average Bonchev–Trinajstić information content (AvgIpc) is 2.35. The number of methoxy groups -OCH3 is 2. The van der Waals surface area contributed by atoms with Crippen molar-refractivity contribution in [2.75, 3.05) is 14.2 Å². The molecule has 0 aromatic heterocycles.